The molecule has 3 aromatic carbocycles. The fourth-order valence-corrected chi connectivity index (χ4v) is 3.61. The molecule has 0 saturated carbocycles. The van der Waals surface area contributed by atoms with Crippen molar-refractivity contribution in [2.24, 2.45) is 0 Å². The second-order valence-electron chi connectivity index (χ2n) is 7.39. The molecule has 0 atom stereocenters. The zero-order valence-electron chi connectivity index (χ0n) is 18.2. The maximum atomic E-state index is 13.1. The minimum atomic E-state index is -0.518. The summed E-state index contributed by atoms with van der Waals surface area (Å²) in [4.78, 5) is 25.8. The van der Waals surface area contributed by atoms with Gasteiger partial charge in [-0.2, -0.15) is 0 Å². The molecule has 1 aliphatic heterocycles. The fraction of sp³-hybridized carbons (Fsp3) is 0.0769. The van der Waals surface area contributed by atoms with Crippen molar-refractivity contribution in [3.8, 4) is 17.2 Å². The smallest absolute Gasteiger partial charge is 0.293 e. The summed E-state index contributed by atoms with van der Waals surface area (Å²) in [5.41, 5.74) is 2.01. The van der Waals surface area contributed by atoms with Crippen LogP contribution >= 0.6 is 0 Å². The Morgan fingerprint density at radius 2 is 1.74 bits per heavy atom. The molecule has 0 bridgehead atoms. The highest BCUT2D eigenvalue weighted by Gasteiger charge is 2.22. The summed E-state index contributed by atoms with van der Waals surface area (Å²) in [5.74, 6) is 0.836. The third-order valence-electron chi connectivity index (χ3n) is 5.23. The molecule has 8 nitrogen and oxygen atoms in total. The molecule has 4 aromatic rings. The van der Waals surface area contributed by atoms with Crippen molar-refractivity contribution in [2.45, 2.75) is 0 Å². The Kier molecular flexibility index (Phi) is 5.61. The predicted octanol–water partition coefficient (Wildman–Crippen LogP) is 5.07. The number of carbonyl (C=O) groups excluding carboxylic acids is 2. The lowest BCUT2D eigenvalue weighted by Gasteiger charge is -2.09. The first-order valence-corrected chi connectivity index (χ1v) is 10.5. The third-order valence-corrected chi connectivity index (χ3v) is 5.23. The largest absolute Gasteiger partial charge is 0.495 e. The van der Waals surface area contributed by atoms with E-state index in [9.17, 15) is 9.59 Å². The van der Waals surface area contributed by atoms with E-state index in [4.69, 9.17) is 18.6 Å². The van der Waals surface area contributed by atoms with Crippen molar-refractivity contribution in [1.82, 2.24) is 0 Å². The lowest BCUT2D eigenvalue weighted by molar-refractivity contribution is -0.111. The van der Waals surface area contributed by atoms with Crippen molar-refractivity contribution in [2.75, 3.05) is 24.5 Å². The lowest BCUT2D eigenvalue weighted by atomic mass is 10.2. The Labute approximate surface area is 194 Å². The number of para-hydroxylation sites is 3. The average molecular weight is 456 g/mol. The van der Waals surface area contributed by atoms with Crippen LogP contribution in [0.4, 0.5) is 11.4 Å². The number of benzene rings is 3. The molecule has 1 aromatic heterocycles. The summed E-state index contributed by atoms with van der Waals surface area (Å²) in [5, 5.41) is 6.17. The molecule has 2 N–H and O–H groups in total. The summed E-state index contributed by atoms with van der Waals surface area (Å²) < 4.78 is 21.8. The molecule has 5 rings (SSSR count). The van der Waals surface area contributed by atoms with Crippen LogP contribution in [0.15, 0.2) is 77.2 Å². The quantitative estimate of drug-likeness (QED) is 0.393. The van der Waals surface area contributed by atoms with Gasteiger partial charge in [0.2, 0.25) is 18.5 Å². The van der Waals surface area contributed by atoms with Crippen molar-refractivity contribution in [3.05, 3.63) is 84.1 Å². The van der Waals surface area contributed by atoms with E-state index >= 15 is 0 Å². The van der Waals surface area contributed by atoms with Gasteiger partial charge in [0, 0.05) is 11.5 Å². The zero-order valence-corrected chi connectivity index (χ0v) is 18.2. The van der Waals surface area contributed by atoms with Crippen LogP contribution in [0.25, 0.3) is 17.0 Å². The van der Waals surface area contributed by atoms with E-state index in [1.54, 1.807) is 66.7 Å². The number of fused-ring (bicyclic) bond motifs is 2. The Balaban J connectivity index is 1.40. The molecule has 1 aliphatic rings. The van der Waals surface area contributed by atoms with E-state index in [-0.39, 0.29) is 18.2 Å². The van der Waals surface area contributed by atoms with E-state index in [0.717, 1.165) is 5.56 Å². The molecule has 0 aliphatic carbocycles. The first-order chi connectivity index (χ1) is 16.6. The first-order valence-electron chi connectivity index (χ1n) is 10.5. The summed E-state index contributed by atoms with van der Waals surface area (Å²) in [6, 6.07) is 19.5. The molecule has 0 fully saturated rings. The summed E-state index contributed by atoms with van der Waals surface area (Å²) in [7, 11) is 1.52. The second kappa shape index (κ2) is 9.03. The fourth-order valence-electron chi connectivity index (χ4n) is 3.61. The number of furan rings is 1. The summed E-state index contributed by atoms with van der Waals surface area (Å²) in [6.07, 6.45) is 3.02. The first kappa shape index (κ1) is 21.1. The molecule has 8 heteroatoms. The van der Waals surface area contributed by atoms with Crippen LogP contribution in [-0.2, 0) is 4.79 Å². The highest BCUT2D eigenvalue weighted by atomic mass is 16.7. The normalized spacial score (nSPS) is 12.1. The Hall–Kier alpha value is -4.72. The Morgan fingerprint density at radius 1 is 0.941 bits per heavy atom. The molecule has 0 radical (unpaired) electrons. The summed E-state index contributed by atoms with van der Waals surface area (Å²) >= 11 is 0. The van der Waals surface area contributed by atoms with Crippen molar-refractivity contribution >= 4 is 40.2 Å². The zero-order chi connectivity index (χ0) is 23.5. The lowest BCUT2D eigenvalue weighted by Crippen LogP contribution is -2.16. The van der Waals surface area contributed by atoms with Gasteiger partial charge in [-0.15, -0.1) is 0 Å². The van der Waals surface area contributed by atoms with Crippen molar-refractivity contribution < 1.29 is 28.2 Å². The molecule has 170 valence electrons. The van der Waals surface area contributed by atoms with E-state index in [0.29, 0.717) is 33.9 Å². The van der Waals surface area contributed by atoms with Crippen LogP contribution in [0.2, 0.25) is 0 Å². The number of rotatable bonds is 6. The number of anilines is 2. The van der Waals surface area contributed by atoms with Crippen LogP contribution in [0, 0.1) is 0 Å². The topological polar surface area (TPSA) is 99.0 Å². The molecule has 0 spiro atoms. The number of amides is 2. The molecule has 2 heterocycles. The number of hydrogen-bond donors (Lipinski definition) is 2. The second-order valence-corrected chi connectivity index (χ2v) is 7.39. The van der Waals surface area contributed by atoms with Gasteiger partial charge in [0.05, 0.1) is 12.8 Å². The number of ether oxygens (including phenoxy) is 3. The van der Waals surface area contributed by atoms with Gasteiger partial charge in [-0.25, -0.2) is 0 Å². The SMILES string of the molecule is COc1ccccc1NC(=O)c1oc2ccccc2c1NC(=O)/C=C\c1ccc2c(c1)OCO2. The molecule has 0 saturated heterocycles. The van der Waals surface area contributed by atoms with E-state index in [2.05, 4.69) is 10.6 Å². The molecule has 2 amide bonds. The number of hydrogen-bond acceptors (Lipinski definition) is 6. The Morgan fingerprint density at radius 3 is 2.62 bits per heavy atom. The van der Waals surface area contributed by atoms with E-state index in [1.165, 1.54) is 13.2 Å². The monoisotopic (exact) mass is 456 g/mol. The predicted molar refractivity (Wildman–Crippen MR) is 127 cm³/mol. The Bertz CT molecular complexity index is 1420. The minimum absolute atomic E-state index is 0.0167. The van der Waals surface area contributed by atoms with Crippen molar-refractivity contribution in [3.63, 3.8) is 0 Å². The van der Waals surface area contributed by atoms with Crippen LogP contribution in [-0.4, -0.2) is 25.7 Å². The van der Waals surface area contributed by atoms with Gasteiger partial charge in [0.25, 0.3) is 5.91 Å². The van der Waals surface area contributed by atoms with Gasteiger partial charge in [-0.1, -0.05) is 30.3 Å². The van der Waals surface area contributed by atoms with Crippen molar-refractivity contribution in [1.29, 1.82) is 0 Å². The van der Waals surface area contributed by atoms with E-state index in [1.807, 2.05) is 6.07 Å². The number of methoxy groups -OCH3 is 1. The third kappa shape index (κ3) is 4.16. The average Bonchev–Trinajstić information content (AvgIpc) is 3.47. The van der Waals surface area contributed by atoms with E-state index < -0.39 is 11.8 Å². The van der Waals surface area contributed by atoms with Crippen LogP contribution in [0.5, 0.6) is 17.2 Å². The summed E-state index contributed by atoms with van der Waals surface area (Å²) in [6.45, 7) is 0.177. The van der Waals surface area contributed by atoms with Gasteiger partial charge in [-0.05, 0) is 48.0 Å². The standard InChI is InChI=1S/C26H20N2O6/c1-31-20-9-5-3-7-18(20)27-26(30)25-24(17-6-2-4-8-19(17)34-25)28-23(29)13-11-16-10-12-21-22(14-16)33-15-32-21/h2-14H,15H2,1H3,(H,27,30)(H,28,29)/b13-11-. The number of nitrogens with one attached hydrogen (secondary N) is 2. The van der Waals surface area contributed by atoms with Crippen LogP contribution in [0.3, 0.4) is 0 Å². The van der Waals surface area contributed by atoms with Gasteiger partial charge >= 0.3 is 0 Å². The van der Waals surface area contributed by atoms with Gasteiger partial charge < -0.3 is 29.3 Å². The molecular formula is C26H20N2O6. The highest BCUT2D eigenvalue weighted by Crippen LogP contribution is 2.34. The number of carbonyl (C=O) groups is 2. The molecular weight excluding hydrogens is 436 g/mol. The highest BCUT2D eigenvalue weighted by molar-refractivity contribution is 6.16. The van der Waals surface area contributed by atoms with Crippen LogP contribution < -0.4 is 24.8 Å². The van der Waals surface area contributed by atoms with Gasteiger partial charge in [0.1, 0.15) is 17.0 Å². The van der Waals surface area contributed by atoms with Gasteiger partial charge in [0.15, 0.2) is 11.5 Å². The molecule has 34 heavy (non-hydrogen) atoms. The maximum Gasteiger partial charge on any atom is 0.293 e. The van der Waals surface area contributed by atoms with Crippen LogP contribution in [0.1, 0.15) is 16.1 Å². The molecule has 0 unspecified atom stereocenters. The van der Waals surface area contributed by atoms with Gasteiger partial charge in [-0.3, -0.25) is 9.59 Å². The minimum Gasteiger partial charge on any atom is -0.495 e. The maximum absolute atomic E-state index is 13.1.